The van der Waals surface area contributed by atoms with Crippen molar-refractivity contribution in [1.29, 1.82) is 0 Å². The molecular formula is C16H27N3. The van der Waals surface area contributed by atoms with Gasteiger partial charge in [-0.25, -0.2) is 0 Å². The first-order valence-corrected chi connectivity index (χ1v) is 7.90. The smallest absolute Gasteiger partial charge is 0.0624 e. The molecule has 2 aliphatic carbocycles. The Kier molecular flexibility index (Phi) is 3.42. The fraction of sp³-hybridized carbons (Fsp3) is 0.812. The average Bonchev–Trinajstić information content (AvgIpc) is 3.16. The fourth-order valence-electron chi connectivity index (χ4n) is 3.84. The van der Waals surface area contributed by atoms with E-state index in [1.165, 1.54) is 49.9 Å². The number of nitrogens with two attached hydrogens (primary N) is 1. The van der Waals surface area contributed by atoms with Gasteiger partial charge in [0.05, 0.1) is 5.69 Å². The second-order valence-corrected chi connectivity index (χ2v) is 6.84. The van der Waals surface area contributed by atoms with Gasteiger partial charge in [-0.1, -0.05) is 19.8 Å². The van der Waals surface area contributed by atoms with Gasteiger partial charge in [0, 0.05) is 24.7 Å². The van der Waals surface area contributed by atoms with E-state index in [1.54, 1.807) is 0 Å². The van der Waals surface area contributed by atoms with Crippen molar-refractivity contribution in [3.05, 3.63) is 17.5 Å². The van der Waals surface area contributed by atoms with Crippen LogP contribution < -0.4 is 5.73 Å². The topological polar surface area (TPSA) is 43.8 Å². The molecule has 0 saturated heterocycles. The van der Waals surface area contributed by atoms with Gasteiger partial charge in [-0.2, -0.15) is 5.10 Å². The van der Waals surface area contributed by atoms with E-state index >= 15 is 0 Å². The van der Waals surface area contributed by atoms with Crippen LogP contribution in [-0.2, 0) is 19.9 Å². The number of rotatable bonds is 4. The molecule has 2 saturated carbocycles. The molecule has 1 heterocycles. The Morgan fingerprint density at radius 2 is 2.16 bits per heavy atom. The Balaban J connectivity index is 1.70. The van der Waals surface area contributed by atoms with E-state index < -0.39 is 0 Å². The summed E-state index contributed by atoms with van der Waals surface area (Å²) in [6.45, 7) is 2.16. The first-order chi connectivity index (χ1) is 9.09. The summed E-state index contributed by atoms with van der Waals surface area (Å²) in [5.41, 5.74) is 9.25. The van der Waals surface area contributed by atoms with Crippen molar-refractivity contribution in [3.63, 3.8) is 0 Å². The molecule has 3 heteroatoms. The third-order valence-electron chi connectivity index (χ3n) is 5.13. The summed E-state index contributed by atoms with van der Waals surface area (Å²) in [5.74, 6) is 1.90. The van der Waals surface area contributed by atoms with Crippen molar-refractivity contribution >= 4 is 0 Å². The average molecular weight is 261 g/mol. The molecule has 2 N–H and O–H groups in total. The highest BCUT2D eigenvalue weighted by atomic mass is 15.3. The monoisotopic (exact) mass is 261 g/mol. The van der Waals surface area contributed by atoms with Crippen molar-refractivity contribution in [1.82, 2.24) is 9.78 Å². The van der Waals surface area contributed by atoms with Gasteiger partial charge < -0.3 is 5.73 Å². The van der Waals surface area contributed by atoms with E-state index in [0.29, 0.717) is 0 Å². The van der Waals surface area contributed by atoms with Crippen LogP contribution in [-0.4, -0.2) is 15.3 Å². The molecule has 2 atom stereocenters. The molecule has 3 nitrogen and oxygen atoms in total. The number of hydrogen-bond donors (Lipinski definition) is 1. The first-order valence-electron chi connectivity index (χ1n) is 7.90. The van der Waals surface area contributed by atoms with Crippen molar-refractivity contribution < 1.29 is 0 Å². The maximum Gasteiger partial charge on any atom is 0.0624 e. The van der Waals surface area contributed by atoms with Crippen LogP contribution in [0.3, 0.4) is 0 Å². The Hall–Kier alpha value is -0.830. The minimum Gasteiger partial charge on any atom is -0.325 e. The Morgan fingerprint density at radius 3 is 2.79 bits per heavy atom. The SMILES string of the molecule is CCc1cc(CC2(N)CCCC(C3CC3)C2)n(C)n1. The summed E-state index contributed by atoms with van der Waals surface area (Å²) in [6, 6.07) is 2.25. The summed E-state index contributed by atoms with van der Waals surface area (Å²) < 4.78 is 2.04. The normalized spacial score (nSPS) is 31.6. The molecule has 106 valence electrons. The third kappa shape index (κ3) is 2.86. The molecule has 2 fully saturated rings. The maximum atomic E-state index is 6.73. The number of hydrogen-bond acceptors (Lipinski definition) is 2. The molecule has 0 bridgehead atoms. The Bertz CT molecular complexity index is 447. The second-order valence-electron chi connectivity index (χ2n) is 6.84. The van der Waals surface area contributed by atoms with Gasteiger partial charge in [0.2, 0.25) is 0 Å². The summed E-state index contributed by atoms with van der Waals surface area (Å²) in [6.07, 6.45) is 10.0. The highest BCUT2D eigenvalue weighted by molar-refractivity contribution is 5.14. The highest BCUT2D eigenvalue weighted by Crippen LogP contribution is 2.46. The van der Waals surface area contributed by atoms with E-state index in [2.05, 4.69) is 25.1 Å². The quantitative estimate of drug-likeness (QED) is 0.905. The summed E-state index contributed by atoms with van der Waals surface area (Å²) in [4.78, 5) is 0. The van der Waals surface area contributed by atoms with Gasteiger partial charge in [-0.3, -0.25) is 4.68 Å². The minimum atomic E-state index is 0.0182. The van der Waals surface area contributed by atoms with Crippen LogP contribution in [0.1, 0.15) is 56.8 Å². The van der Waals surface area contributed by atoms with Crippen LogP contribution in [0.15, 0.2) is 6.07 Å². The molecule has 0 amide bonds. The van der Waals surface area contributed by atoms with E-state index in [-0.39, 0.29) is 5.54 Å². The predicted octanol–water partition coefficient (Wildman–Crippen LogP) is 2.82. The van der Waals surface area contributed by atoms with E-state index in [4.69, 9.17) is 5.73 Å². The van der Waals surface area contributed by atoms with Gasteiger partial charge in [0.1, 0.15) is 0 Å². The molecule has 1 aromatic heterocycles. The van der Waals surface area contributed by atoms with Crippen molar-refractivity contribution in [3.8, 4) is 0 Å². The third-order valence-corrected chi connectivity index (χ3v) is 5.13. The number of aryl methyl sites for hydroxylation is 2. The van der Waals surface area contributed by atoms with Crippen LogP contribution in [0.5, 0.6) is 0 Å². The predicted molar refractivity (Wildman–Crippen MR) is 77.9 cm³/mol. The van der Waals surface area contributed by atoms with Crippen LogP contribution in [0, 0.1) is 11.8 Å². The summed E-state index contributed by atoms with van der Waals surface area (Å²) in [5, 5.41) is 4.55. The number of aromatic nitrogens is 2. The van der Waals surface area contributed by atoms with Crippen molar-refractivity contribution in [2.24, 2.45) is 24.6 Å². The zero-order valence-corrected chi connectivity index (χ0v) is 12.4. The molecule has 2 aliphatic rings. The zero-order valence-electron chi connectivity index (χ0n) is 12.4. The molecule has 1 aromatic rings. The second kappa shape index (κ2) is 4.93. The van der Waals surface area contributed by atoms with Gasteiger partial charge in [0.25, 0.3) is 0 Å². The van der Waals surface area contributed by atoms with Crippen LogP contribution in [0.25, 0.3) is 0 Å². The zero-order chi connectivity index (χ0) is 13.5. The molecule has 19 heavy (non-hydrogen) atoms. The van der Waals surface area contributed by atoms with Gasteiger partial charge in [-0.05, 0) is 50.0 Å². The molecule has 2 unspecified atom stereocenters. The largest absolute Gasteiger partial charge is 0.325 e. The lowest BCUT2D eigenvalue weighted by atomic mass is 9.72. The molecule has 0 spiro atoms. The lowest BCUT2D eigenvalue weighted by molar-refractivity contribution is 0.202. The van der Waals surface area contributed by atoms with Gasteiger partial charge in [0.15, 0.2) is 0 Å². The van der Waals surface area contributed by atoms with Gasteiger partial charge >= 0.3 is 0 Å². The van der Waals surface area contributed by atoms with Gasteiger partial charge in [-0.15, -0.1) is 0 Å². The lowest BCUT2D eigenvalue weighted by Crippen LogP contribution is -2.47. The van der Waals surface area contributed by atoms with E-state index in [9.17, 15) is 0 Å². The molecule has 3 rings (SSSR count). The Labute approximate surface area is 116 Å². The van der Waals surface area contributed by atoms with Crippen LogP contribution in [0.2, 0.25) is 0 Å². The summed E-state index contributed by atoms with van der Waals surface area (Å²) in [7, 11) is 2.05. The van der Waals surface area contributed by atoms with E-state index in [1.807, 2.05) is 4.68 Å². The molecular weight excluding hydrogens is 234 g/mol. The molecule has 0 radical (unpaired) electrons. The highest BCUT2D eigenvalue weighted by Gasteiger charge is 2.40. The standard InChI is InChI=1S/C16H27N3/c1-3-14-9-15(19(2)18-14)11-16(17)8-4-5-13(10-16)12-6-7-12/h9,12-13H,3-8,10-11,17H2,1-2H3. The van der Waals surface area contributed by atoms with E-state index in [0.717, 1.165) is 24.7 Å². The fourth-order valence-corrected chi connectivity index (χ4v) is 3.84. The number of nitrogens with zero attached hydrogens (tertiary/aromatic N) is 2. The Morgan fingerprint density at radius 1 is 1.37 bits per heavy atom. The first kappa shape index (κ1) is 13.2. The molecule has 0 aromatic carbocycles. The maximum absolute atomic E-state index is 6.73. The van der Waals surface area contributed by atoms with Crippen LogP contribution in [0.4, 0.5) is 0 Å². The van der Waals surface area contributed by atoms with Crippen LogP contribution >= 0.6 is 0 Å². The van der Waals surface area contributed by atoms with Crippen molar-refractivity contribution in [2.45, 2.75) is 63.8 Å². The molecule has 0 aliphatic heterocycles. The lowest BCUT2D eigenvalue weighted by Gasteiger charge is -2.38. The summed E-state index contributed by atoms with van der Waals surface area (Å²) >= 11 is 0. The minimum absolute atomic E-state index is 0.0182. The van der Waals surface area contributed by atoms with Crippen molar-refractivity contribution in [2.75, 3.05) is 0 Å².